The van der Waals surface area contributed by atoms with Gasteiger partial charge >= 0.3 is 0 Å². The third-order valence-corrected chi connectivity index (χ3v) is 7.69. The van der Waals surface area contributed by atoms with E-state index < -0.39 is 16.1 Å². The van der Waals surface area contributed by atoms with Crippen molar-refractivity contribution in [3.63, 3.8) is 0 Å². The molecule has 0 saturated heterocycles. The van der Waals surface area contributed by atoms with Crippen LogP contribution < -0.4 is 0 Å². The molecule has 158 valence electrons. The average Bonchev–Trinajstić information content (AvgIpc) is 3.49. The highest BCUT2D eigenvalue weighted by molar-refractivity contribution is 7.90. The van der Waals surface area contributed by atoms with Gasteiger partial charge in [-0.15, -0.1) is 0 Å². The molecule has 3 heterocycles. The Kier molecular flexibility index (Phi) is 4.57. The Morgan fingerprint density at radius 1 is 1.23 bits per heavy atom. The predicted octanol–water partition coefficient (Wildman–Crippen LogP) is 3.54. The minimum Gasteiger partial charge on any atom is -0.385 e. The van der Waals surface area contributed by atoms with Crippen molar-refractivity contribution in [2.45, 2.75) is 43.2 Å². The largest absolute Gasteiger partial charge is 0.385 e. The topological polar surface area (TPSA) is 114 Å². The lowest BCUT2D eigenvalue weighted by Crippen LogP contribution is -2.17. The maximum Gasteiger partial charge on any atom is 0.269 e. The fourth-order valence-electron chi connectivity index (χ4n) is 4.60. The number of nitrogens with zero attached hydrogens (tertiary/aromatic N) is 5. The van der Waals surface area contributed by atoms with Crippen LogP contribution in [-0.2, 0) is 10.0 Å². The number of aliphatic hydroxyl groups excluding tert-OH is 1. The van der Waals surface area contributed by atoms with Crippen molar-refractivity contribution in [2.75, 3.05) is 0 Å². The molecule has 4 aromatic rings. The lowest BCUT2D eigenvalue weighted by molar-refractivity contribution is 0.180. The summed E-state index contributed by atoms with van der Waals surface area (Å²) in [5.74, 6) is 0.281. The van der Waals surface area contributed by atoms with Gasteiger partial charge in [-0.25, -0.2) is 22.4 Å². The van der Waals surface area contributed by atoms with Gasteiger partial charge in [0.25, 0.3) is 10.0 Å². The average molecular weight is 436 g/mol. The van der Waals surface area contributed by atoms with Crippen molar-refractivity contribution < 1.29 is 13.5 Å². The third-order valence-electron chi connectivity index (χ3n) is 6.01. The standard InChI is InChI=1S/C22H21N5O3S/c1-14(28)21-25-18-13-24-22-17(20(18)27(21)19-9-5-6-15(19)12-23)10-11-26(22)31(29,30)16-7-3-2-4-8-16/h2-4,7-8,10-11,13-15,19,28H,5-6,9H2,1H3/t14-,15+,19-/m1/s1. The van der Waals surface area contributed by atoms with E-state index in [0.29, 0.717) is 27.9 Å². The highest BCUT2D eigenvalue weighted by atomic mass is 32.2. The molecule has 1 N–H and O–H groups in total. The van der Waals surface area contributed by atoms with Gasteiger partial charge in [0.15, 0.2) is 5.65 Å². The maximum absolute atomic E-state index is 13.2. The Hall–Kier alpha value is -3.22. The Balaban J connectivity index is 1.79. The minimum absolute atomic E-state index is 0.126. The van der Waals surface area contributed by atoms with Crippen LogP contribution in [0.5, 0.6) is 0 Å². The summed E-state index contributed by atoms with van der Waals surface area (Å²) < 4.78 is 29.5. The molecule has 3 aromatic heterocycles. The van der Waals surface area contributed by atoms with E-state index in [0.717, 1.165) is 19.3 Å². The first-order valence-electron chi connectivity index (χ1n) is 10.2. The van der Waals surface area contributed by atoms with Crippen LogP contribution in [0, 0.1) is 17.2 Å². The molecular formula is C22H21N5O3S. The maximum atomic E-state index is 13.2. The van der Waals surface area contributed by atoms with E-state index in [1.54, 1.807) is 43.3 Å². The lowest BCUT2D eigenvalue weighted by atomic mass is 10.0. The van der Waals surface area contributed by atoms with Crippen LogP contribution in [0.1, 0.15) is 44.2 Å². The number of aliphatic hydroxyl groups is 1. The van der Waals surface area contributed by atoms with Crippen LogP contribution >= 0.6 is 0 Å². The van der Waals surface area contributed by atoms with Gasteiger partial charge in [-0.1, -0.05) is 18.2 Å². The van der Waals surface area contributed by atoms with E-state index in [2.05, 4.69) is 16.0 Å². The summed E-state index contributed by atoms with van der Waals surface area (Å²) in [5.41, 5.74) is 1.57. The monoisotopic (exact) mass is 435 g/mol. The molecular weight excluding hydrogens is 414 g/mol. The zero-order chi connectivity index (χ0) is 21.8. The number of pyridine rings is 1. The Bertz CT molecular complexity index is 1430. The highest BCUT2D eigenvalue weighted by Crippen LogP contribution is 2.41. The van der Waals surface area contributed by atoms with Crippen LogP contribution in [0.2, 0.25) is 0 Å². The number of hydrogen-bond donors (Lipinski definition) is 1. The molecule has 31 heavy (non-hydrogen) atoms. The van der Waals surface area contributed by atoms with Crippen LogP contribution in [0.15, 0.2) is 53.7 Å². The molecule has 1 saturated carbocycles. The van der Waals surface area contributed by atoms with Gasteiger partial charge in [-0.05, 0) is 44.4 Å². The van der Waals surface area contributed by atoms with Gasteiger partial charge in [-0.2, -0.15) is 5.26 Å². The van der Waals surface area contributed by atoms with E-state index in [4.69, 9.17) is 0 Å². The zero-order valence-corrected chi connectivity index (χ0v) is 17.7. The number of hydrogen-bond acceptors (Lipinski definition) is 6. The number of fused-ring (bicyclic) bond motifs is 3. The Morgan fingerprint density at radius 3 is 2.71 bits per heavy atom. The molecule has 5 rings (SSSR count). The van der Waals surface area contributed by atoms with Crippen molar-refractivity contribution in [3.05, 3.63) is 54.6 Å². The molecule has 1 aliphatic rings. The van der Waals surface area contributed by atoms with Gasteiger partial charge in [-0.3, -0.25) is 0 Å². The van der Waals surface area contributed by atoms with Gasteiger partial charge in [0.05, 0.1) is 34.6 Å². The summed E-state index contributed by atoms with van der Waals surface area (Å²) >= 11 is 0. The van der Waals surface area contributed by atoms with Gasteiger partial charge in [0, 0.05) is 11.6 Å². The minimum atomic E-state index is -3.82. The normalized spacial score (nSPS) is 20.3. The molecule has 0 spiro atoms. The molecule has 0 amide bonds. The second-order valence-corrected chi connectivity index (χ2v) is 9.72. The van der Waals surface area contributed by atoms with Crippen LogP contribution in [0.3, 0.4) is 0 Å². The SMILES string of the molecule is C[C@@H](O)c1nc2cnc3c(ccn3S(=O)(=O)c3ccccc3)c2n1[C@@H]1CCC[C@H]1C#N. The number of imidazole rings is 1. The van der Waals surface area contributed by atoms with Crippen molar-refractivity contribution in [1.82, 2.24) is 18.5 Å². The third kappa shape index (κ3) is 2.94. The summed E-state index contributed by atoms with van der Waals surface area (Å²) in [5, 5.41) is 20.7. The van der Waals surface area contributed by atoms with Gasteiger partial charge < -0.3 is 9.67 Å². The molecule has 0 unspecified atom stereocenters. The number of nitriles is 1. The molecule has 1 aromatic carbocycles. The fourth-order valence-corrected chi connectivity index (χ4v) is 5.92. The molecule has 0 bridgehead atoms. The van der Waals surface area contributed by atoms with Crippen molar-refractivity contribution >= 4 is 32.1 Å². The summed E-state index contributed by atoms with van der Waals surface area (Å²) in [6.45, 7) is 1.64. The highest BCUT2D eigenvalue weighted by Gasteiger charge is 2.33. The Labute approximate surface area is 179 Å². The fraction of sp³-hybridized carbons (Fsp3) is 0.318. The first-order valence-corrected chi connectivity index (χ1v) is 11.6. The van der Waals surface area contributed by atoms with Crippen LogP contribution in [0.4, 0.5) is 0 Å². The molecule has 0 aliphatic heterocycles. The molecule has 9 heteroatoms. The molecule has 0 radical (unpaired) electrons. The molecule has 1 aliphatic carbocycles. The second-order valence-electron chi connectivity index (χ2n) is 7.91. The van der Waals surface area contributed by atoms with Gasteiger partial charge in [0.1, 0.15) is 17.4 Å². The first-order chi connectivity index (χ1) is 14.9. The quantitative estimate of drug-likeness (QED) is 0.524. The van der Waals surface area contributed by atoms with E-state index in [9.17, 15) is 18.8 Å². The van der Waals surface area contributed by atoms with E-state index >= 15 is 0 Å². The molecule has 8 nitrogen and oxygen atoms in total. The second kappa shape index (κ2) is 7.18. The van der Waals surface area contributed by atoms with E-state index in [1.807, 2.05) is 4.57 Å². The number of aromatic nitrogens is 4. The Morgan fingerprint density at radius 2 is 2.00 bits per heavy atom. The van der Waals surface area contributed by atoms with Crippen molar-refractivity contribution in [3.8, 4) is 6.07 Å². The summed E-state index contributed by atoms with van der Waals surface area (Å²) in [4.78, 5) is 9.16. The lowest BCUT2D eigenvalue weighted by Gasteiger charge is -2.21. The van der Waals surface area contributed by atoms with Crippen molar-refractivity contribution in [2.24, 2.45) is 5.92 Å². The number of rotatable bonds is 4. The first kappa shape index (κ1) is 19.7. The summed E-state index contributed by atoms with van der Waals surface area (Å²) in [7, 11) is -3.82. The predicted molar refractivity (Wildman–Crippen MR) is 115 cm³/mol. The van der Waals surface area contributed by atoms with E-state index in [1.165, 1.54) is 16.4 Å². The van der Waals surface area contributed by atoms with Crippen LogP contribution in [-0.4, -0.2) is 32.0 Å². The summed E-state index contributed by atoms with van der Waals surface area (Å²) in [6.07, 6.45) is 4.70. The zero-order valence-electron chi connectivity index (χ0n) is 16.9. The van der Waals surface area contributed by atoms with Gasteiger partial charge in [0.2, 0.25) is 0 Å². The molecule has 3 atom stereocenters. The molecule has 1 fully saturated rings. The van der Waals surface area contributed by atoms with E-state index in [-0.39, 0.29) is 16.9 Å². The van der Waals surface area contributed by atoms with Crippen LogP contribution in [0.25, 0.3) is 22.1 Å². The van der Waals surface area contributed by atoms with Crippen molar-refractivity contribution in [1.29, 1.82) is 5.26 Å². The smallest absolute Gasteiger partial charge is 0.269 e. The number of benzene rings is 1. The summed E-state index contributed by atoms with van der Waals surface area (Å²) in [6, 6.07) is 12.2.